The summed E-state index contributed by atoms with van der Waals surface area (Å²) in [6.07, 6.45) is 3.53. The number of carbonyl (C=O) groups excluding carboxylic acids is 3. The monoisotopic (exact) mass is 504 g/mol. The number of hydrogen-bond donors (Lipinski definition) is 1. The minimum absolute atomic E-state index is 0.129. The van der Waals surface area contributed by atoms with E-state index in [0.717, 1.165) is 35.5 Å². The molecule has 1 aromatic heterocycles. The predicted octanol–water partition coefficient (Wildman–Crippen LogP) is 3.90. The fourth-order valence-electron chi connectivity index (χ4n) is 4.38. The molecule has 0 bridgehead atoms. The summed E-state index contributed by atoms with van der Waals surface area (Å²) >= 11 is 0. The second-order valence-electron chi connectivity index (χ2n) is 9.06. The van der Waals surface area contributed by atoms with Crippen LogP contribution in [0.15, 0.2) is 60.8 Å². The topological polar surface area (TPSA) is 103 Å². The molecule has 0 unspecified atom stereocenters. The number of likely N-dealkylation sites (tertiary alicyclic amines) is 1. The molecule has 1 aliphatic rings. The molecular weight excluding hydrogens is 472 g/mol. The molecule has 2 heterocycles. The molecule has 0 atom stereocenters. The van der Waals surface area contributed by atoms with E-state index >= 15 is 0 Å². The van der Waals surface area contributed by atoms with E-state index in [9.17, 15) is 14.4 Å². The van der Waals surface area contributed by atoms with Crippen molar-refractivity contribution in [3.05, 3.63) is 77.6 Å². The minimum Gasteiger partial charge on any atom is -0.469 e. The molecule has 0 aliphatic carbocycles. The number of benzene rings is 2. The molecule has 2 aromatic carbocycles. The first-order valence-electron chi connectivity index (χ1n) is 12.4. The number of carbonyl (C=O) groups is 3. The highest BCUT2D eigenvalue weighted by atomic mass is 16.6. The smallest absolute Gasteiger partial charge is 0.410 e. The largest absolute Gasteiger partial charge is 0.469 e. The molecule has 2 amide bonds. The summed E-state index contributed by atoms with van der Waals surface area (Å²) in [6, 6.07) is 16.9. The van der Waals surface area contributed by atoms with Crippen LogP contribution in [-0.2, 0) is 27.9 Å². The number of piperidine rings is 1. The molecule has 0 radical (unpaired) electrons. The van der Waals surface area contributed by atoms with Gasteiger partial charge in [-0.1, -0.05) is 42.5 Å². The first kappa shape index (κ1) is 25.9. The number of esters is 1. The number of aryl methyl sites for hydroxylation is 1. The second kappa shape index (κ2) is 12.2. The summed E-state index contributed by atoms with van der Waals surface area (Å²) in [7, 11) is 3.27. The van der Waals surface area contributed by atoms with Crippen LogP contribution in [-0.4, -0.2) is 59.2 Å². The SMILES string of the molecule is COC(=O)CCNC(=O)c1ccc(-c2nc(C3CCN(C(=O)OCc4ccccc4)CC3)cn2C)cc1. The van der Waals surface area contributed by atoms with Gasteiger partial charge in [-0.3, -0.25) is 9.59 Å². The molecule has 1 saturated heterocycles. The Morgan fingerprint density at radius 1 is 1.03 bits per heavy atom. The van der Waals surface area contributed by atoms with Gasteiger partial charge in [0, 0.05) is 49.9 Å². The fourth-order valence-corrected chi connectivity index (χ4v) is 4.38. The zero-order chi connectivity index (χ0) is 26.2. The molecule has 9 nitrogen and oxygen atoms in total. The molecule has 194 valence electrons. The lowest BCUT2D eigenvalue weighted by Gasteiger charge is -2.30. The summed E-state index contributed by atoms with van der Waals surface area (Å²) in [5.41, 5.74) is 3.38. The van der Waals surface area contributed by atoms with Crippen molar-refractivity contribution in [1.82, 2.24) is 19.8 Å². The van der Waals surface area contributed by atoms with E-state index in [1.165, 1.54) is 7.11 Å². The number of nitrogens with zero attached hydrogens (tertiary/aromatic N) is 3. The Labute approximate surface area is 216 Å². The molecule has 0 saturated carbocycles. The number of aromatic nitrogens is 2. The maximum absolute atomic E-state index is 12.5. The van der Waals surface area contributed by atoms with Gasteiger partial charge in [0.05, 0.1) is 19.2 Å². The minimum atomic E-state index is -0.366. The van der Waals surface area contributed by atoms with Crippen molar-refractivity contribution in [2.75, 3.05) is 26.7 Å². The normalized spacial score (nSPS) is 13.7. The third-order valence-electron chi connectivity index (χ3n) is 6.52. The number of nitrogens with one attached hydrogen (secondary N) is 1. The van der Waals surface area contributed by atoms with Crippen LogP contribution in [0.1, 0.15) is 46.8 Å². The third kappa shape index (κ3) is 6.75. The van der Waals surface area contributed by atoms with E-state index in [1.807, 2.05) is 60.3 Å². The summed E-state index contributed by atoms with van der Waals surface area (Å²) in [4.78, 5) is 42.6. The predicted molar refractivity (Wildman–Crippen MR) is 138 cm³/mol. The van der Waals surface area contributed by atoms with Crippen LogP contribution in [0.5, 0.6) is 0 Å². The number of rotatable bonds is 8. The van der Waals surface area contributed by atoms with Crippen molar-refractivity contribution >= 4 is 18.0 Å². The highest BCUT2D eigenvalue weighted by molar-refractivity contribution is 5.94. The van der Waals surface area contributed by atoms with Gasteiger partial charge in [-0.05, 0) is 30.5 Å². The van der Waals surface area contributed by atoms with Crippen LogP contribution in [0.25, 0.3) is 11.4 Å². The van der Waals surface area contributed by atoms with Crippen LogP contribution in [0.3, 0.4) is 0 Å². The zero-order valence-corrected chi connectivity index (χ0v) is 21.2. The van der Waals surface area contributed by atoms with Gasteiger partial charge in [-0.2, -0.15) is 0 Å². The molecule has 0 spiro atoms. The summed E-state index contributed by atoms with van der Waals surface area (Å²) in [6.45, 7) is 1.75. The van der Waals surface area contributed by atoms with Gasteiger partial charge in [-0.15, -0.1) is 0 Å². The lowest BCUT2D eigenvalue weighted by atomic mass is 9.94. The molecule has 1 aliphatic heterocycles. The Hall–Kier alpha value is -4.14. The Morgan fingerprint density at radius 3 is 2.41 bits per heavy atom. The number of hydrogen-bond acceptors (Lipinski definition) is 6. The van der Waals surface area contributed by atoms with Crippen LogP contribution >= 0.6 is 0 Å². The van der Waals surface area contributed by atoms with Gasteiger partial charge >= 0.3 is 12.1 Å². The van der Waals surface area contributed by atoms with Crippen molar-refractivity contribution in [1.29, 1.82) is 0 Å². The Balaban J connectivity index is 1.30. The number of amides is 2. The number of imidazole rings is 1. The van der Waals surface area contributed by atoms with E-state index in [1.54, 1.807) is 17.0 Å². The van der Waals surface area contributed by atoms with Crippen molar-refractivity contribution < 1.29 is 23.9 Å². The molecule has 9 heteroatoms. The maximum atomic E-state index is 12.5. The van der Waals surface area contributed by atoms with Gasteiger partial charge in [0.15, 0.2) is 0 Å². The van der Waals surface area contributed by atoms with Gasteiger partial charge in [0.1, 0.15) is 12.4 Å². The lowest BCUT2D eigenvalue weighted by molar-refractivity contribution is -0.140. The Bertz CT molecular complexity index is 1220. The average Bonchev–Trinajstić information content (AvgIpc) is 3.33. The van der Waals surface area contributed by atoms with Crippen molar-refractivity contribution in [2.45, 2.75) is 31.8 Å². The number of methoxy groups -OCH3 is 1. The number of ether oxygens (including phenoxy) is 2. The molecule has 37 heavy (non-hydrogen) atoms. The Morgan fingerprint density at radius 2 is 1.73 bits per heavy atom. The van der Waals surface area contributed by atoms with Crippen molar-refractivity contribution in [3.8, 4) is 11.4 Å². The van der Waals surface area contributed by atoms with Gasteiger partial charge in [0.25, 0.3) is 5.91 Å². The van der Waals surface area contributed by atoms with Gasteiger partial charge < -0.3 is 24.3 Å². The van der Waals surface area contributed by atoms with Crippen molar-refractivity contribution in [3.63, 3.8) is 0 Å². The van der Waals surface area contributed by atoms with Crippen LogP contribution in [0, 0.1) is 0 Å². The van der Waals surface area contributed by atoms with E-state index in [-0.39, 0.29) is 43.5 Å². The van der Waals surface area contributed by atoms with E-state index in [0.29, 0.717) is 18.7 Å². The lowest BCUT2D eigenvalue weighted by Crippen LogP contribution is -2.38. The van der Waals surface area contributed by atoms with Gasteiger partial charge in [0.2, 0.25) is 0 Å². The zero-order valence-electron chi connectivity index (χ0n) is 21.2. The van der Waals surface area contributed by atoms with Gasteiger partial charge in [-0.25, -0.2) is 9.78 Å². The highest BCUT2D eigenvalue weighted by Crippen LogP contribution is 2.30. The van der Waals surface area contributed by atoms with Crippen LogP contribution < -0.4 is 5.32 Å². The standard InChI is InChI=1S/C28H32N4O5/c1-31-18-24(21-13-16-32(17-14-21)28(35)37-19-20-6-4-3-5-7-20)30-26(31)22-8-10-23(11-9-22)27(34)29-15-12-25(33)36-2/h3-11,18,21H,12-17,19H2,1-2H3,(H,29,34). The molecule has 4 rings (SSSR count). The Kier molecular flexibility index (Phi) is 8.56. The van der Waals surface area contributed by atoms with Crippen molar-refractivity contribution in [2.24, 2.45) is 7.05 Å². The average molecular weight is 505 g/mol. The summed E-state index contributed by atoms with van der Waals surface area (Å²) < 4.78 is 12.0. The molecule has 1 fully saturated rings. The molecular formula is C28H32N4O5. The quantitative estimate of drug-likeness (QED) is 0.467. The first-order valence-corrected chi connectivity index (χ1v) is 12.4. The van der Waals surface area contributed by atoms with Crippen LogP contribution in [0.4, 0.5) is 4.79 Å². The maximum Gasteiger partial charge on any atom is 0.410 e. The summed E-state index contributed by atoms with van der Waals surface area (Å²) in [5.74, 6) is 0.468. The molecule has 1 N–H and O–H groups in total. The fraction of sp³-hybridized carbons (Fsp3) is 0.357. The van der Waals surface area contributed by atoms with E-state index in [4.69, 9.17) is 9.72 Å². The van der Waals surface area contributed by atoms with E-state index in [2.05, 4.69) is 10.1 Å². The molecule has 3 aromatic rings. The first-order chi connectivity index (χ1) is 17.9. The van der Waals surface area contributed by atoms with E-state index < -0.39 is 0 Å². The highest BCUT2D eigenvalue weighted by Gasteiger charge is 2.27. The second-order valence-corrected chi connectivity index (χ2v) is 9.06. The summed E-state index contributed by atoms with van der Waals surface area (Å²) in [5, 5.41) is 2.71. The van der Waals surface area contributed by atoms with Crippen LogP contribution in [0.2, 0.25) is 0 Å². The third-order valence-corrected chi connectivity index (χ3v) is 6.52.